The van der Waals surface area contributed by atoms with Crippen LogP contribution in [-0.4, -0.2) is 36.0 Å². The summed E-state index contributed by atoms with van der Waals surface area (Å²) in [4.78, 5) is 20.8. The van der Waals surface area contributed by atoms with E-state index in [0.717, 1.165) is 0 Å². The number of carbonyl (C=O) groups excluding carboxylic acids is 2. The number of hydrogen-bond acceptors (Lipinski definition) is 4. The molecule has 2 unspecified atom stereocenters. The van der Waals surface area contributed by atoms with Crippen LogP contribution >= 0.6 is 0 Å². The third kappa shape index (κ3) is 3.45. The van der Waals surface area contributed by atoms with E-state index in [4.69, 9.17) is 0 Å². The molecule has 10 heteroatoms. The van der Waals surface area contributed by atoms with Crippen LogP contribution in [0.25, 0.3) is 0 Å². The fraction of sp³-hybridized carbons (Fsp3) is 0.667. The van der Waals surface area contributed by atoms with Gasteiger partial charge in [0.2, 0.25) is 0 Å². The summed E-state index contributed by atoms with van der Waals surface area (Å²) in [5.41, 5.74) is 9.06. The summed E-state index contributed by atoms with van der Waals surface area (Å²) >= 11 is 0. The summed E-state index contributed by atoms with van der Waals surface area (Å²) in [6.07, 6.45) is -10.9. The van der Waals surface area contributed by atoms with E-state index in [9.17, 15) is 35.9 Å². The molecule has 94 valence electrons. The lowest BCUT2D eigenvalue weighted by atomic mass is 10.0. The average molecular weight is 252 g/mol. The van der Waals surface area contributed by atoms with Gasteiger partial charge in [-0.05, 0) is 0 Å². The van der Waals surface area contributed by atoms with Crippen LogP contribution in [0.3, 0.4) is 0 Å². The van der Waals surface area contributed by atoms with Crippen molar-refractivity contribution >= 4 is 11.6 Å². The van der Waals surface area contributed by atoms with Crippen molar-refractivity contribution < 1.29 is 35.9 Å². The second kappa shape index (κ2) is 4.37. The highest BCUT2D eigenvalue weighted by Gasteiger charge is 2.50. The molecule has 0 aliphatic carbocycles. The second-order valence-electron chi connectivity index (χ2n) is 2.78. The summed E-state index contributed by atoms with van der Waals surface area (Å²) in [7, 11) is 0. The third-order valence-corrected chi connectivity index (χ3v) is 1.55. The highest BCUT2D eigenvalue weighted by atomic mass is 19.4. The van der Waals surface area contributed by atoms with Gasteiger partial charge in [-0.2, -0.15) is 26.3 Å². The second-order valence-corrected chi connectivity index (χ2v) is 2.78. The minimum atomic E-state index is -5.44. The average Bonchev–Trinajstić information content (AvgIpc) is 2.10. The van der Waals surface area contributed by atoms with Gasteiger partial charge in [-0.15, -0.1) is 0 Å². The Morgan fingerprint density at radius 2 is 0.938 bits per heavy atom. The normalized spacial score (nSPS) is 16.8. The van der Waals surface area contributed by atoms with Crippen LogP contribution in [0.2, 0.25) is 0 Å². The van der Waals surface area contributed by atoms with Crippen LogP contribution < -0.4 is 11.5 Å². The van der Waals surface area contributed by atoms with Gasteiger partial charge < -0.3 is 11.5 Å². The molecule has 4 N–H and O–H groups in total. The Morgan fingerprint density at radius 1 is 0.750 bits per heavy atom. The zero-order valence-corrected chi connectivity index (χ0v) is 7.39. The topological polar surface area (TPSA) is 86.2 Å². The Bertz CT molecular complexity index is 266. The number of rotatable bonds is 3. The van der Waals surface area contributed by atoms with Crippen molar-refractivity contribution in [2.24, 2.45) is 11.5 Å². The standard InChI is InChI=1S/C6H6F6N2O2/c7-5(8,9)3(15)1(13)2(14)4(16)6(10,11)12/h1-2H,13-14H2. The maximum absolute atomic E-state index is 11.7. The molecule has 0 aromatic rings. The molecule has 0 radical (unpaired) electrons. The molecular formula is C6H6F6N2O2. The lowest BCUT2D eigenvalue weighted by molar-refractivity contribution is -0.179. The van der Waals surface area contributed by atoms with Crippen LogP contribution in [0.15, 0.2) is 0 Å². The molecule has 16 heavy (non-hydrogen) atoms. The molecule has 0 saturated heterocycles. The monoisotopic (exact) mass is 252 g/mol. The maximum atomic E-state index is 11.7. The summed E-state index contributed by atoms with van der Waals surface area (Å²) in [5, 5.41) is 0. The van der Waals surface area contributed by atoms with Crippen molar-refractivity contribution in [3.8, 4) is 0 Å². The largest absolute Gasteiger partial charge is 0.451 e. The van der Waals surface area contributed by atoms with E-state index in [0.29, 0.717) is 0 Å². The van der Waals surface area contributed by atoms with E-state index in [1.165, 1.54) is 0 Å². The van der Waals surface area contributed by atoms with Crippen molar-refractivity contribution in [1.82, 2.24) is 0 Å². The molecule has 0 heterocycles. The van der Waals surface area contributed by atoms with Crippen molar-refractivity contribution in [2.45, 2.75) is 24.4 Å². The zero-order valence-electron chi connectivity index (χ0n) is 7.39. The first-order valence-electron chi connectivity index (χ1n) is 3.62. The van der Waals surface area contributed by atoms with E-state index >= 15 is 0 Å². The van der Waals surface area contributed by atoms with Crippen LogP contribution in [0.5, 0.6) is 0 Å². The molecule has 0 rings (SSSR count). The van der Waals surface area contributed by atoms with Gasteiger partial charge in [0.05, 0.1) is 12.1 Å². The van der Waals surface area contributed by atoms with Gasteiger partial charge >= 0.3 is 12.4 Å². The Hall–Kier alpha value is -1.16. The van der Waals surface area contributed by atoms with Gasteiger partial charge in [-0.3, -0.25) is 9.59 Å². The van der Waals surface area contributed by atoms with Crippen LogP contribution in [0, 0.1) is 0 Å². The predicted molar refractivity (Wildman–Crippen MR) is 38.1 cm³/mol. The quantitative estimate of drug-likeness (QED) is 0.687. The molecule has 0 aromatic carbocycles. The van der Waals surface area contributed by atoms with Gasteiger partial charge in [-0.25, -0.2) is 0 Å². The first kappa shape index (κ1) is 14.8. The Labute approximate surface area is 84.6 Å². The molecule has 0 aliphatic heterocycles. The Balaban J connectivity index is 4.83. The van der Waals surface area contributed by atoms with Gasteiger partial charge in [0, 0.05) is 0 Å². The molecule has 0 fully saturated rings. The minimum absolute atomic E-state index is 2.68. The van der Waals surface area contributed by atoms with Crippen molar-refractivity contribution in [3.05, 3.63) is 0 Å². The highest BCUT2D eigenvalue weighted by molar-refractivity contribution is 5.98. The molecule has 0 bridgehead atoms. The molecule has 0 aromatic heterocycles. The van der Waals surface area contributed by atoms with Crippen LogP contribution in [0.1, 0.15) is 0 Å². The van der Waals surface area contributed by atoms with Crippen LogP contribution in [0.4, 0.5) is 26.3 Å². The lowest BCUT2D eigenvalue weighted by Crippen LogP contribution is -2.58. The van der Waals surface area contributed by atoms with Gasteiger partial charge in [0.25, 0.3) is 11.6 Å². The number of nitrogens with two attached hydrogens (primary N) is 2. The first-order chi connectivity index (χ1) is 6.89. The van der Waals surface area contributed by atoms with Crippen LogP contribution in [-0.2, 0) is 9.59 Å². The van der Waals surface area contributed by atoms with Gasteiger partial charge in [0.1, 0.15) is 0 Å². The summed E-state index contributed by atoms with van der Waals surface area (Å²) < 4.78 is 70.5. The number of carbonyl (C=O) groups is 2. The summed E-state index contributed by atoms with van der Waals surface area (Å²) in [6.45, 7) is 0. The number of alkyl halides is 6. The number of ketones is 2. The first-order valence-corrected chi connectivity index (χ1v) is 3.62. The minimum Gasteiger partial charge on any atom is -0.320 e. The SMILES string of the molecule is NC(C(=O)C(F)(F)F)C(N)C(=O)C(F)(F)F. The maximum Gasteiger partial charge on any atom is 0.451 e. The molecular weight excluding hydrogens is 246 g/mol. The third-order valence-electron chi connectivity index (χ3n) is 1.55. The van der Waals surface area contributed by atoms with E-state index in [2.05, 4.69) is 11.5 Å². The van der Waals surface area contributed by atoms with Crippen molar-refractivity contribution in [3.63, 3.8) is 0 Å². The summed E-state index contributed by atoms with van der Waals surface area (Å²) in [5.74, 6) is -5.37. The molecule has 0 amide bonds. The van der Waals surface area contributed by atoms with E-state index in [1.807, 2.05) is 0 Å². The smallest absolute Gasteiger partial charge is 0.320 e. The van der Waals surface area contributed by atoms with Crippen molar-refractivity contribution in [2.75, 3.05) is 0 Å². The Kier molecular flexibility index (Phi) is 4.06. The fourth-order valence-corrected chi connectivity index (χ4v) is 0.704. The highest BCUT2D eigenvalue weighted by Crippen LogP contribution is 2.22. The number of halogens is 6. The van der Waals surface area contributed by atoms with E-state index in [1.54, 1.807) is 0 Å². The molecule has 2 atom stereocenters. The van der Waals surface area contributed by atoms with Gasteiger partial charge in [-0.1, -0.05) is 0 Å². The number of hydrogen-bond donors (Lipinski definition) is 2. The van der Waals surface area contributed by atoms with E-state index in [-0.39, 0.29) is 0 Å². The predicted octanol–water partition coefficient (Wildman–Crippen LogP) is -0.0962. The molecule has 0 aliphatic rings. The lowest BCUT2D eigenvalue weighted by Gasteiger charge is -2.19. The molecule has 0 saturated carbocycles. The van der Waals surface area contributed by atoms with Crippen molar-refractivity contribution in [1.29, 1.82) is 0 Å². The van der Waals surface area contributed by atoms with Gasteiger partial charge in [0.15, 0.2) is 0 Å². The molecule has 0 spiro atoms. The zero-order chi connectivity index (χ0) is 13.3. The number of Topliss-reactive ketones (excluding diaryl/α,β-unsaturated/α-hetero) is 2. The summed E-state index contributed by atoms with van der Waals surface area (Å²) in [6, 6.07) is -5.54. The fourth-order valence-electron chi connectivity index (χ4n) is 0.704. The van der Waals surface area contributed by atoms with E-state index < -0.39 is 36.0 Å². The molecule has 4 nitrogen and oxygen atoms in total. The Morgan fingerprint density at radius 3 is 1.06 bits per heavy atom.